The van der Waals surface area contributed by atoms with Crippen LogP contribution in [0.25, 0.3) is 0 Å². The molecule has 3 nitrogen and oxygen atoms in total. The summed E-state index contributed by atoms with van der Waals surface area (Å²) in [5.41, 5.74) is 5.87. The topological polar surface area (TPSA) is 38.3 Å². The zero-order valence-corrected chi connectivity index (χ0v) is 16.8. The van der Waals surface area contributed by atoms with Gasteiger partial charge in [-0.25, -0.2) is 0 Å². The average molecular weight is 354 g/mol. The molecule has 1 N–H and O–H groups in total. The summed E-state index contributed by atoms with van der Waals surface area (Å²) in [6.45, 7) is 12.3. The lowest BCUT2D eigenvalue weighted by atomic mass is 9.97. The van der Waals surface area contributed by atoms with Crippen LogP contribution in [-0.2, 0) is 4.79 Å². The van der Waals surface area contributed by atoms with Crippen LogP contribution in [0.3, 0.4) is 0 Å². The van der Waals surface area contributed by atoms with Crippen molar-refractivity contribution in [2.24, 2.45) is 0 Å². The van der Waals surface area contributed by atoms with E-state index in [1.165, 1.54) is 22.3 Å². The van der Waals surface area contributed by atoms with Crippen molar-refractivity contribution < 1.29 is 9.53 Å². The summed E-state index contributed by atoms with van der Waals surface area (Å²) in [6, 6.07) is 12.3. The van der Waals surface area contributed by atoms with Gasteiger partial charge in [0.25, 0.3) is 5.91 Å². The Balaban J connectivity index is 2.15. The average Bonchev–Trinajstić information content (AvgIpc) is 2.61. The number of carbonyl (C=O) groups excluding carboxylic acids is 1. The van der Waals surface area contributed by atoms with E-state index < -0.39 is 6.10 Å². The third-order valence-corrected chi connectivity index (χ3v) is 5.01. The van der Waals surface area contributed by atoms with Gasteiger partial charge in [-0.1, -0.05) is 49.7 Å². The van der Waals surface area contributed by atoms with E-state index in [4.69, 9.17) is 4.74 Å². The molecule has 3 heteroatoms. The fraction of sp³-hybridized carbons (Fsp3) is 0.435. The molecule has 0 aromatic heterocycles. The molecule has 2 aromatic carbocycles. The van der Waals surface area contributed by atoms with Crippen molar-refractivity contribution in [2.75, 3.05) is 0 Å². The Kier molecular flexibility index (Phi) is 6.84. The lowest BCUT2D eigenvalue weighted by molar-refractivity contribution is -0.129. The number of hydrogen-bond acceptors (Lipinski definition) is 2. The molecular weight excluding hydrogens is 322 g/mol. The lowest BCUT2D eigenvalue weighted by Gasteiger charge is -2.24. The van der Waals surface area contributed by atoms with Gasteiger partial charge in [0.15, 0.2) is 6.10 Å². The minimum Gasteiger partial charge on any atom is -0.480 e. The van der Waals surface area contributed by atoms with Crippen molar-refractivity contribution in [1.82, 2.24) is 5.32 Å². The third-order valence-electron chi connectivity index (χ3n) is 5.01. The van der Waals surface area contributed by atoms with Crippen molar-refractivity contribution in [1.29, 1.82) is 0 Å². The molecule has 0 aliphatic heterocycles. The van der Waals surface area contributed by atoms with Gasteiger partial charge in [0, 0.05) is 0 Å². The van der Waals surface area contributed by atoms with Crippen LogP contribution in [-0.4, -0.2) is 12.0 Å². The van der Waals surface area contributed by atoms with E-state index >= 15 is 0 Å². The summed E-state index contributed by atoms with van der Waals surface area (Å²) in [5.74, 6) is 0.729. The predicted octanol–water partition coefficient (Wildman–Crippen LogP) is 5.35. The van der Waals surface area contributed by atoms with E-state index in [9.17, 15) is 4.79 Å². The van der Waals surface area contributed by atoms with Gasteiger partial charge < -0.3 is 10.1 Å². The number of rotatable bonds is 7. The molecule has 0 aliphatic rings. The van der Waals surface area contributed by atoms with Gasteiger partial charge in [-0.15, -0.1) is 0 Å². The second-order valence-corrected chi connectivity index (χ2v) is 7.04. The van der Waals surface area contributed by atoms with Crippen molar-refractivity contribution >= 4 is 5.91 Å². The molecule has 0 saturated carbocycles. The fourth-order valence-electron chi connectivity index (χ4n) is 3.21. The maximum absolute atomic E-state index is 12.9. The summed E-state index contributed by atoms with van der Waals surface area (Å²) in [7, 11) is 0. The van der Waals surface area contributed by atoms with E-state index in [1.807, 2.05) is 26.0 Å². The molecule has 0 spiro atoms. The molecule has 2 aromatic rings. The maximum Gasteiger partial charge on any atom is 0.261 e. The van der Waals surface area contributed by atoms with Gasteiger partial charge in [-0.05, 0) is 68.9 Å². The molecular formula is C23H31NO2. The van der Waals surface area contributed by atoms with E-state index in [1.54, 1.807) is 0 Å². The first-order chi connectivity index (χ1) is 12.4. The van der Waals surface area contributed by atoms with Gasteiger partial charge in [-0.2, -0.15) is 0 Å². The zero-order valence-electron chi connectivity index (χ0n) is 16.8. The Morgan fingerprint density at radius 1 is 1.00 bits per heavy atom. The van der Waals surface area contributed by atoms with Gasteiger partial charge in [0.05, 0.1) is 6.04 Å². The molecule has 140 valence electrons. The molecule has 2 rings (SSSR count). The second kappa shape index (κ2) is 8.88. The number of ether oxygens (including phenoxy) is 1. The van der Waals surface area contributed by atoms with Gasteiger partial charge >= 0.3 is 0 Å². The summed E-state index contributed by atoms with van der Waals surface area (Å²) >= 11 is 0. The van der Waals surface area contributed by atoms with Gasteiger partial charge in [-0.3, -0.25) is 4.79 Å². The van der Waals surface area contributed by atoms with Crippen molar-refractivity contribution in [3.05, 3.63) is 64.2 Å². The van der Waals surface area contributed by atoms with E-state index in [0.29, 0.717) is 6.42 Å². The van der Waals surface area contributed by atoms with Crippen LogP contribution in [0.4, 0.5) is 0 Å². The summed E-state index contributed by atoms with van der Waals surface area (Å²) in [5, 5.41) is 3.18. The Morgan fingerprint density at radius 2 is 1.73 bits per heavy atom. The molecule has 26 heavy (non-hydrogen) atoms. The third kappa shape index (κ3) is 4.66. The number of nitrogens with one attached hydrogen (secondary N) is 1. The number of aryl methyl sites for hydroxylation is 3. The highest BCUT2D eigenvalue weighted by Crippen LogP contribution is 2.24. The monoisotopic (exact) mass is 353 g/mol. The van der Waals surface area contributed by atoms with Gasteiger partial charge in [0.2, 0.25) is 0 Å². The maximum atomic E-state index is 12.9. The molecule has 2 atom stereocenters. The lowest BCUT2D eigenvalue weighted by Crippen LogP contribution is -2.40. The summed E-state index contributed by atoms with van der Waals surface area (Å²) in [6.07, 6.45) is 0.980. The van der Waals surface area contributed by atoms with Crippen LogP contribution in [0, 0.1) is 27.7 Å². The van der Waals surface area contributed by atoms with Crippen LogP contribution < -0.4 is 10.1 Å². The highest BCUT2D eigenvalue weighted by atomic mass is 16.5. The summed E-state index contributed by atoms with van der Waals surface area (Å²) in [4.78, 5) is 12.9. The number of hydrogen-bond donors (Lipinski definition) is 1. The van der Waals surface area contributed by atoms with E-state index in [0.717, 1.165) is 17.7 Å². The fourth-order valence-corrected chi connectivity index (χ4v) is 3.21. The second-order valence-electron chi connectivity index (χ2n) is 7.04. The summed E-state index contributed by atoms with van der Waals surface area (Å²) < 4.78 is 6.06. The molecule has 0 saturated heterocycles. The Hall–Kier alpha value is -2.29. The van der Waals surface area contributed by atoms with Crippen LogP contribution in [0.5, 0.6) is 5.75 Å². The molecule has 0 aliphatic carbocycles. The smallest absolute Gasteiger partial charge is 0.261 e. The number of benzene rings is 2. The molecule has 0 radical (unpaired) electrons. The van der Waals surface area contributed by atoms with Crippen LogP contribution in [0.1, 0.15) is 60.5 Å². The molecule has 0 heterocycles. The van der Waals surface area contributed by atoms with E-state index in [-0.39, 0.29) is 11.9 Å². The predicted molar refractivity (Wildman–Crippen MR) is 108 cm³/mol. The Bertz CT molecular complexity index is 767. The highest BCUT2D eigenvalue weighted by Gasteiger charge is 2.23. The first kappa shape index (κ1) is 20.0. The Morgan fingerprint density at radius 3 is 2.35 bits per heavy atom. The number of amides is 1. The Labute approximate surface area is 157 Å². The van der Waals surface area contributed by atoms with Crippen LogP contribution >= 0.6 is 0 Å². The molecule has 1 amide bonds. The zero-order chi connectivity index (χ0) is 19.3. The highest BCUT2D eigenvalue weighted by molar-refractivity contribution is 5.81. The molecule has 0 unspecified atom stereocenters. The first-order valence-corrected chi connectivity index (χ1v) is 9.47. The van der Waals surface area contributed by atoms with E-state index in [2.05, 4.69) is 57.3 Å². The quantitative estimate of drug-likeness (QED) is 0.729. The van der Waals surface area contributed by atoms with Crippen molar-refractivity contribution in [2.45, 2.75) is 66.5 Å². The molecule has 0 bridgehead atoms. The van der Waals surface area contributed by atoms with Crippen LogP contribution in [0.15, 0.2) is 36.4 Å². The van der Waals surface area contributed by atoms with Crippen LogP contribution in [0.2, 0.25) is 0 Å². The van der Waals surface area contributed by atoms with Crippen molar-refractivity contribution in [3.63, 3.8) is 0 Å². The standard InChI is InChI=1S/C23H31NO2/c1-7-20(19-13-12-15(3)14-17(19)5)24-23(25)21(8-2)26-22-11-9-10-16(4)18(22)6/h9-14,20-21H,7-8H2,1-6H3,(H,24,25)/t20-,21-/m0/s1. The van der Waals surface area contributed by atoms with Crippen molar-refractivity contribution in [3.8, 4) is 5.75 Å². The number of carbonyl (C=O) groups is 1. The van der Waals surface area contributed by atoms with Gasteiger partial charge in [0.1, 0.15) is 5.75 Å². The minimum atomic E-state index is -0.490. The first-order valence-electron chi connectivity index (χ1n) is 9.47. The minimum absolute atomic E-state index is 0.000596. The SMILES string of the molecule is CC[C@H](Oc1cccc(C)c1C)C(=O)N[C@@H](CC)c1ccc(C)cc1C. The normalized spacial score (nSPS) is 13.2. The largest absolute Gasteiger partial charge is 0.480 e. The molecule has 0 fully saturated rings.